The Balaban J connectivity index is 1.65. The van der Waals surface area contributed by atoms with Gasteiger partial charge in [0.25, 0.3) is 0 Å². The Labute approximate surface area is 131 Å². The van der Waals surface area contributed by atoms with Crippen molar-refractivity contribution in [1.82, 2.24) is 0 Å². The van der Waals surface area contributed by atoms with E-state index in [0.717, 1.165) is 42.7 Å². The van der Waals surface area contributed by atoms with Crippen molar-refractivity contribution in [2.45, 2.75) is 39.0 Å². The fraction of sp³-hybridized carbons (Fsp3) is 0.444. The Bertz CT molecular complexity index is 622. The molecule has 1 aromatic rings. The third-order valence-electron chi connectivity index (χ3n) is 4.40. The van der Waals surface area contributed by atoms with Gasteiger partial charge < -0.3 is 10.2 Å². The van der Waals surface area contributed by atoms with Crippen LogP contribution in [0.1, 0.15) is 37.7 Å². The van der Waals surface area contributed by atoms with E-state index in [1.807, 2.05) is 30.0 Å². The van der Waals surface area contributed by atoms with E-state index in [0.29, 0.717) is 18.8 Å². The summed E-state index contributed by atoms with van der Waals surface area (Å²) in [5.41, 5.74) is 2.79. The second-order valence-corrected chi connectivity index (χ2v) is 6.17. The zero-order valence-electron chi connectivity index (χ0n) is 13.0. The van der Waals surface area contributed by atoms with Crippen LogP contribution in [0.5, 0.6) is 0 Å². The average Bonchev–Trinajstić information content (AvgIpc) is 3.11. The fourth-order valence-corrected chi connectivity index (χ4v) is 3.25. The molecule has 1 N–H and O–H groups in total. The third kappa shape index (κ3) is 3.21. The van der Waals surface area contributed by atoms with Gasteiger partial charge >= 0.3 is 0 Å². The molecule has 116 valence electrons. The van der Waals surface area contributed by atoms with E-state index in [1.165, 1.54) is 0 Å². The number of anilines is 2. The molecule has 4 nitrogen and oxygen atoms in total. The zero-order chi connectivity index (χ0) is 15.5. The molecule has 3 rings (SSSR count). The standard InChI is InChI=1S/C18H22N2O2/c1-13-11-15(19-17(21)12-14-5-2-3-6-14)8-9-16(13)20-10-4-7-18(20)22/h2,5,8-9,11,14H,3-4,6-7,10,12H2,1H3,(H,19,21). The minimum Gasteiger partial charge on any atom is -0.326 e. The highest BCUT2D eigenvalue weighted by molar-refractivity contribution is 5.97. The Morgan fingerprint density at radius 3 is 2.91 bits per heavy atom. The maximum absolute atomic E-state index is 12.1. The van der Waals surface area contributed by atoms with Gasteiger partial charge in [0.2, 0.25) is 11.8 Å². The van der Waals surface area contributed by atoms with Crippen molar-refractivity contribution in [3.8, 4) is 0 Å². The number of nitrogens with zero attached hydrogens (tertiary/aromatic N) is 1. The van der Waals surface area contributed by atoms with Gasteiger partial charge in [0, 0.05) is 30.8 Å². The summed E-state index contributed by atoms with van der Waals surface area (Å²) in [6, 6.07) is 5.77. The molecule has 1 aliphatic heterocycles. The number of carbonyl (C=O) groups is 2. The topological polar surface area (TPSA) is 49.4 Å². The highest BCUT2D eigenvalue weighted by Crippen LogP contribution is 2.28. The highest BCUT2D eigenvalue weighted by atomic mass is 16.2. The molecule has 2 amide bonds. The Morgan fingerprint density at radius 2 is 2.27 bits per heavy atom. The van der Waals surface area contributed by atoms with Gasteiger partial charge in [0.1, 0.15) is 0 Å². The van der Waals surface area contributed by atoms with Crippen LogP contribution < -0.4 is 10.2 Å². The van der Waals surface area contributed by atoms with Crippen LogP contribution in [0.3, 0.4) is 0 Å². The van der Waals surface area contributed by atoms with Gasteiger partial charge in [0.05, 0.1) is 0 Å². The number of nitrogens with one attached hydrogen (secondary N) is 1. The van der Waals surface area contributed by atoms with E-state index >= 15 is 0 Å². The maximum Gasteiger partial charge on any atom is 0.227 e. The van der Waals surface area contributed by atoms with Crippen LogP contribution in [-0.2, 0) is 9.59 Å². The first-order valence-corrected chi connectivity index (χ1v) is 8.01. The van der Waals surface area contributed by atoms with E-state index < -0.39 is 0 Å². The van der Waals surface area contributed by atoms with Crippen LogP contribution in [0.4, 0.5) is 11.4 Å². The first-order chi connectivity index (χ1) is 10.6. The van der Waals surface area contributed by atoms with Gasteiger partial charge in [-0.3, -0.25) is 9.59 Å². The smallest absolute Gasteiger partial charge is 0.227 e. The molecule has 1 saturated heterocycles. The minimum absolute atomic E-state index is 0.0564. The van der Waals surface area contributed by atoms with Crippen molar-refractivity contribution in [2.75, 3.05) is 16.8 Å². The molecular weight excluding hydrogens is 276 g/mol. The average molecular weight is 298 g/mol. The van der Waals surface area contributed by atoms with E-state index in [-0.39, 0.29) is 11.8 Å². The molecule has 0 radical (unpaired) electrons. The van der Waals surface area contributed by atoms with Crippen LogP contribution in [0.25, 0.3) is 0 Å². The maximum atomic E-state index is 12.1. The van der Waals surface area contributed by atoms with Crippen LogP contribution in [0, 0.1) is 12.8 Å². The van der Waals surface area contributed by atoms with E-state index in [4.69, 9.17) is 0 Å². The molecule has 22 heavy (non-hydrogen) atoms. The SMILES string of the molecule is Cc1cc(NC(=O)CC2C=CCC2)ccc1N1CCCC1=O. The molecule has 1 unspecified atom stereocenters. The molecule has 0 spiro atoms. The number of benzene rings is 1. The number of amides is 2. The largest absolute Gasteiger partial charge is 0.326 e. The summed E-state index contributed by atoms with van der Waals surface area (Å²) in [4.78, 5) is 25.7. The van der Waals surface area contributed by atoms with Crippen LogP contribution >= 0.6 is 0 Å². The van der Waals surface area contributed by atoms with Crippen molar-refractivity contribution in [3.05, 3.63) is 35.9 Å². The van der Waals surface area contributed by atoms with Gasteiger partial charge in [-0.1, -0.05) is 12.2 Å². The summed E-state index contributed by atoms with van der Waals surface area (Å²) in [6.45, 7) is 2.77. The first-order valence-electron chi connectivity index (χ1n) is 8.01. The van der Waals surface area contributed by atoms with Crippen LogP contribution in [0.15, 0.2) is 30.4 Å². The molecule has 1 aliphatic carbocycles. The summed E-state index contributed by atoms with van der Waals surface area (Å²) in [5.74, 6) is 0.622. The third-order valence-corrected chi connectivity index (χ3v) is 4.40. The monoisotopic (exact) mass is 298 g/mol. The molecule has 0 bridgehead atoms. The predicted octanol–water partition coefficient (Wildman–Crippen LogP) is 3.42. The van der Waals surface area contributed by atoms with E-state index in [1.54, 1.807) is 0 Å². The van der Waals surface area contributed by atoms with Gasteiger partial charge in [-0.15, -0.1) is 0 Å². The second kappa shape index (κ2) is 6.34. The van der Waals surface area contributed by atoms with Crippen LogP contribution in [-0.4, -0.2) is 18.4 Å². The molecule has 1 fully saturated rings. The number of carbonyl (C=O) groups excluding carboxylic acids is 2. The number of allylic oxidation sites excluding steroid dienone is 2. The molecular formula is C18H22N2O2. The number of hydrogen-bond donors (Lipinski definition) is 1. The lowest BCUT2D eigenvalue weighted by molar-refractivity contribution is -0.117. The quantitative estimate of drug-likeness (QED) is 0.866. The molecule has 2 aliphatic rings. The van der Waals surface area contributed by atoms with Crippen molar-refractivity contribution in [3.63, 3.8) is 0 Å². The van der Waals surface area contributed by atoms with Crippen LogP contribution in [0.2, 0.25) is 0 Å². The normalized spacial score (nSPS) is 20.7. The van der Waals surface area contributed by atoms with Gasteiger partial charge in [-0.2, -0.15) is 0 Å². The summed E-state index contributed by atoms with van der Waals surface area (Å²) < 4.78 is 0. The van der Waals surface area contributed by atoms with Gasteiger partial charge in [-0.05, 0) is 55.9 Å². The summed E-state index contributed by atoms with van der Waals surface area (Å²) >= 11 is 0. The lowest BCUT2D eigenvalue weighted by atomic mass is 10.0. The lowest BCUT2D eigenvalue weighted by Gasteiger charge is -2.19. The summed E-state index contributed by atoms with van der Waals surface area (Å²) in [6.07, 6.45) is 8.52. The lowest BCUT2D eigenvalue weighted by Crippen LogP contribution is -2.24. The minimum atomic E-state index is 0.0564. The van der Waals surface area contributed by atoms with Crippen molar-refractivity contribution in [1.29, 1.82) is 0 Å². The molecule has 4 heteroatoms. The highest BCUT2D eigenvalue weighted by Gasteiger charge is 2.23. The first kappa shape index (κ1) is 14.8. The zero-order valence-corrected chi connectivity index (χ0v) is 13.0. The fourth-order valence-electron chi connectivity index (χ4n) is 3.25. The molecule has 0 saturated carbocycles. The molecule has 1 aromatic carbocycles. The van der Waals surface area contributed by atoms with Crippen molar-refractivity contribution < 1.29 is 9.59 Å². The molecule has 1 heterocycles. The molecule has 0 aromatic heterocycles. The number of rotatable bonds is 4. The molecule has 1 atom stereocenters. The summed E-state index contributed by atoms with van der Waals surface area (Å²) in [7, 11) is 0. The van der Waals surface area contributed by atoms with E-state index in [2.05, 4.69) is 17.5 Å². The van der Waals surface area contributed by atoms with Gasteiger partial charge in [0.15, 0.2) is 0 Å². The Hall–Kier alpha value is -2.10. The van der Waals surface area contributed by atoms with Crippen molar-refractivity contribution in [2.24, 2.45) is 5.92 Å². The van der Waals surface area contributed by atoms with E-state index in [9.17, 15) is 9.59 Å². The second-order valence-electron chi connectivity index (χ2n) is 6.17. The Morgan fingerprint density at radius 1 is 1.41 bits per heavy atom. The number of hydrogen-bond acceptors (Lipinski definition) is 2. The Kier molecular flexibility index (Phi) is 4.27. The predicted molar refractivity (Wildman–Crippen MR) is 87.9 cm³/mol. The summed E-state index contributed by atoms with van der Waals surface area (Å²) in [5, 5.41) is 2.96. The van der Waals surface area contributed by atoms with Gasteiger partial charge in [-0.25, -0.2) is 0 Å². The van der Waals surface area contributed by atoms with Crippen molar-refractivity contribution >= 4 is 23.2 Å². The number of aryl methyl sites for hydroxylation is 1.